The van der Waals surface area contributed by atoms with Gasteiger partial charge in [-0.2, -0.15) is 4.98 Å². The van der Waals surface area contributed by atoms with E-state index in [9.17, 15) is 9.59 Å². The average Bonchev–Trinajstić information content (AvgIpc) is 2.66. The van der Waals surface area contributed by atoms with E-state index in [1.165, 1.54) is 0 Å². The highest BCUT2D eigenvalue weighted by molar-refractivity contribution is 5.85. The van der Waals surface area contributed by atoms with Crippen LogP contribution in [-0.2, 0) is 16.1 Å². The third-order valence-corrected chi connectivity index (χ3v) is 3.27. The third-order valence-electron chi connectivity index (χ3n) is 3.27. The van der Waals surface area contributed by atoms with Crippen LogP contribution < -0.4 is 5.32 Å². The summed E-state index contributed by atoms with van der Waals surface area (Å²) < 4.78 is 4.84. The Kier molecular flexibility index (Phi) is 3.31. The zero-order valence-corrected chi connectivity index (χ0v) is 10.1. The van der Waals surface area contributed by atoms with Crippen molar-refractivity contribution in [2.24, 2.45) is 5.41 Å². The first-order valence-corrected chi connectivity index (χ1v) is 5.81. The first-order chi connectivity index (χ1) is 8.52. The Labute approximate surface area is 104 Å². The zero-order chi connectivity index (χ0) is 13.2. The maximum atomic E-state index is 11.7. The van der Waals surface area contributed by atoms with E-state index in [1.807, 2.05) is 0 Å². The van der Waals surface area contributed by atoms with Crippen molar-refractivity contribution in [3.05, 3.63) is 11.7 Å². The fourth-order valence-corrected chi connectivity index (χ4v) is 2.03. The van der Waals surface area contributed by atoms with Crippen LogP contribution in [0.2, 0.25) is 0 Å². The maximum Gasteiger partial charge on any atom is 0.310 e. The van der Waals surface area contributed by atoms with Crippen LogP contribution in [0.3, 0.4) is 0 Å². The Balaban J connectivity index is 1.83. The lowest BCUT2D eigenvalue weighted by Crippen LogP contribution is -2.42. The molecule has 1 aromatic rings. The van der Waals surface area contributed by atoms with Gasteiger partial charge in [0.1, 0.15) is 0 Å². The number of amides is 1. The Morgan fingerprint density at radius 2 is 2.22 bits per heavy atom. The molecule has 1 amide bonds. The highest BCUT2D eigenvalue weighted by Crippen LogP contribution is 2.44. The van der Waals surface area contributed by atoms with E-state index in [-0.39, 0.29) is 18.9 Å². The van der Waals surface area contributed by atoms with Crippen molar-refractivity contribution in [2.45, 2.75) is 39.2 Å². The predicted octanol–water partition coefficient (Wildman–Crippen LogP) is 0.639. The number of rotatable bonds is 5. The smallest absolute Gasteiger partial charge is 0.310 e. The summed E-state index contributed by atoms with van der Waals surface area (Å²) >= 11 is 0. The minimum absolute atomic E-state index is 0.00938. The third kappa shape index (κ3) is 2.49. The number of hydrogen-bond acceptors (Lipinski definition) is 5. The average molecular weight is 253 g/mol. The molecular weight excluding hydrogens is 238 g/mol. The molecule has 1 saturated carbocycles. The second-order valence-electron chi connectivity index (χ2n) is 4.63. The Morgan fingerprint density at radius 3 is 2.67 bits per heavy atom. The van der Waals surface area contributed by atoms with Crippen LogP contribution in [0, 0.1) is 12.3 Å². The van der Waals surface area contributed by atoms with Crippen LogP contribution in [-0.4, -0.2) is 27.1 Å². The van der Waals surface area contributed by atoms with Crippen LogP contribution in [0.5, 0.6) is 0 Å². The Morgan fingerprint density at radius 1 is 1.50 bits per heavy atom. The molecule has 0 bridgehead atoms. The summed E-state index contributed by atoms with van der Waals surface area (Å²) in [5.41, 5.74) is -0.866. The summed E-state index contributed by atoms with van der Waals surface area (Å²) in [4.78, 5) is 26.7. The van der Waals surface area contributed by atoms with Crippen molar-refractivity contribution >= 4 is 11.9 Å². The van der Waals surface area contributed by atoms with E-state index >= 15 is 0 Å². The van der Waals surface area contributed by atoms with Crippen molar-refractivity contribution in [1.82, 2.24) is 15.5 Å². The first-order valence-electron chi connectivity index (χ1n) is 5.81. The van der Waals surface area contributed by atoms with Gasteiger partial charge in [-0.15, -0.1) is 0 Å². The van der Waals surface area contributed by atoms with Crippen LogP contribution >= 0.6 is 0 Å². The molecule has 1 fully saturated rings. The number of aromatic nitrogens is 2. The molecule has 1 aromatic heterocycles. The molecule has 1 aliphatic carbocycles. The van der Waals surface area contributed by atoms with Gasteiger partial charge in [-0.3, -0.25) is 9.59 Å². The van der Waals surface area contributed by atoms with E-state index in [0.29, 0.717) is 24.6 Å². The largest absolute Gasteiger partial charge is 0.481 e. The van der Waals surface area contributed by atoms with E-state index < -0.39 is 11.4 Å². The van der Waals surface area contributed by atoms with Gasteiger partial charge < -0.3 is 14.9 Å². The highest BCUT2D eigenvalue weighted by Gasteiger charge is 2.45. The van der Waals surface area contributed by atoms with Gasteiger partial charge in [0.25, 0.3) is 0 Å². The normalized spacial score (nSPS) is 16.9. The molecule has 0 saturated heterocycles. The molecule has 7 nitrogen and oxygen atoms in total. The molecule has 0 aromatic carbocycles. The number of hydrogen-bond donors (Lipinski definition) is 2. The molecule has 0 unspecified atom stereocenters. The first kappa shape index (κ1) is 12.5. The summed E-state index contributed by atoms with van der Waals surface area (Å²) in [5.74, 6) is -0.371. The standard InChI is InChI=1S/C11H15N3O4/c1-7-13-9(18-14-7)6-12-8(15)5-11(10(16)17)3-2-4-11/h2-6H2,1H3,(H,12,15)(H,16,17). The number of carboxylic acids is 1. The molecule has 0 spiro atoms. The van der Waals surface area contributed by atoms with Gasteiger partial charge in [-0.1, -0.05) is 11.6 Å². The van der Waals surface area contributed by atoms with E-state index in [2.05, 4.69) is 15.5 Å². The number of aryl methyl sites for hydroxylation is 1. The van der Waals surface area contributed by atoms with Gasteiger partial charge in [-0.25, -0.2) is 0 Å². The van der Waals surface area contributed by atoms with Crippen LogP contribution in [0.25, 0.3) is 0 Å². The molecule has 2 rings (SSSR count). The summed E-state index contributed by atoms with van der Waals surface area (Å²) in [6, 6.07) is 0. The topological polar surface area (TPSA) is 105 Å². The second kappa shape index (κ2) is 4.75. The second-order valence-corrected chi connectivity index (χ2v) is 4.63. The molecule has 1 aliphatic rings. The monoisotopic (exact) mass is 253 g/mol. The Bertz CT molecular complexity index is 465. The molecule has 1 heterocycles. The summed E-state index contributed by atoms with van der Waals surface area (Å²) in [5, 5.41) is 15.3. The fourth-order valence-electron chi connectivity index (χ4n) is 2.03. The lowest BCUT2D eigenvalue weighted by molar-refractivity contribution is -0.157. The van der Waals surface area contributed by atoms with E-state index in [1.54, 1.807) is 6.92 Å². The van der Waals surface area contributed by atoms with E-state index in [4.69, 9.17) is 9.63 Å². The summed E-state index contributed by atoms with van der Waals surface area (Å²) in [6.45, 7) is 1.82. The minimum Gasteiger partial charge on any atom is -0.481 e. The van der Waals surface area contributed by atoms with Crippen molar-refractivity contribution in [1.29, 1.82) is 0 Å². The molecule has 2 N–H and O–H groups in total. The van der Waals surface area contributed by atoms with Crippen molar-refractivity contribution in [2.75, 3.05) is 0 Å². The van der Waals surface area contributed by atoms with Gasteiger partial charge in [0, 0.05) is 6.42 Å². The van der Waals surface area contributed by atoms with Gasteiger partial charge in [0.15, 0.2) is 5.82 Å². The number of aliphatic carboxylic acids is 1. The number of nitrogens with one attached hydrogen (secondary N) is 1. The van der Waals surface area contributed by atoms with Crippen molar-refractivity contribution < 1.29 is 19.2 Å². The molecule has 0 radical (unpaired) electrons. The minimum atomic E-state index is -0.891. The number of nitrogens with zero attached hydrogens (tertiary/aromatic N) is 2. The van der Waals surface area contributed by atoms with Crippen LogP contribution in [0.1, 0.15) is 37.4 Å². The molecule has 7 heteroatoms. The lowest BCUT2D eigenvalue weighted by atomic mass is 9.66. The van der Waals surface area contributed by atoms with Crippen molar-refractivity contribution in [3.63, 3.8) is 0 Å². The molecular formula is C11H15N3O4. The van der Waals surface area contributed by atoms with Gasteiger partial charge >= 0.3 is 5.97 Å². The quantitative estimate of drug-likeness (QED) is 0.797. The molecule has 98 valence electrons. The fraction of sp³-hybridized carbons (Fsp3) is 0.636. The summed E-state index contributed by atoms with van der Waals surface area (Å²) in [7, 11) is 0. The van der Waals surface area contributed by atoms with Crippen LogP contribution in [0.15, 0.2) is 4.52 Å². The number of carbonyl (C=O) groups excluding carboxylic acids is 1. The van der Waals surface area contributed by atoms with Crippen molar-refractivity contribution in [3.8, 4) is 0 Å². The molecule has 0 atom stereocenters. The van der Waals surface area contributed by atoms with E-state index in [0.717, 1.165) is 6.42 Å². The zero-order valence-electron chi connectivity index (χ0n) is 10.1. The summed E-state index contributed by atoms with van der Waals surface area (Å²) in [6.07, 6.45) is 2.00. The lowest BCUT2D eigenvalue weighted by Gasteiger charge is -2.36. The van der Waals surface area contributed by atoms with Gasteiger partial charge in [0.05, 0.1) is 12.0 Å². The SMILES string of the molecule is Cc1noc(CNC(=O)CC2(C(=O)O)CCC2)n1. The maximum absolute atomic E-state index is 11.7. The molecule has 18 heavy (non-hydrogen) atoms. The van der Waals surface area contributed by atoms with Gasteiger partial charge in [-0.05, 0) is 19.8 Å². The number of carbonyl (C=O) groups is 2. The highest BCUT2D eigenvalue weighted by atomic mass is 16.5. The molecule has 0 aliphatic heterocycles. The van der Waals surface area contributed by atoms with Gasteiger partial charge in [0.2, 0.25) is 11.8 Å². The number of carboxylic acid groups (broad SMARTS) is 1. The van der Waals surface area contributed by atoms with Crippen LogP contribution in [0.4, 0.5) is 0 Å². The predicted molar refractivity (Wildman–Crippen MR) is 59.4 cm³/mol. The Hall–Kier alpha value is -1.92.